The number of carbonyl (C=O) groups is 1. The van der Waals surface area contributed by atoms with Crippen molar-refractivity contribution < 1.29 is 19.0 Å². The lowest BCUT2D eigenvalue weighted by Crippen LogP contribution is -2.51. The minimum atomic E-state index is 0.00481. The number of benzene rings is 2. The zero-order valence-electron chi connectivity index (χ0n) is 17.8. The Morgan fingerprint density at radius 3 is 2.77 bits per heavy atom. The highest BCUT2D eigenvalue weighted by molar-refractivity contribution is 6.01. The number of methoxy groups -OCH3 is 1. The maximum Gasteiger partial charge on any atom is 0.247 e. The van der Waals surface area contributed by atoms with Crippen molar-refractivity contribution in [1.82, 2.24) is 9.80 Å². The molecule has 3 aliphatic rings. The number of fused-ring (bicyclic) bond motifs is 1. The van der Waals surface area contributed by atoms with Gasteiger partial charge in [-0.1, -0.05) is 30.3 Å². The summed E-state index contributed by atoms with van der Waals surface area (Å²) in [6, 6.07) is 15.9. The fraction of sp³-hybridized carbons (Fsp3) is 0.400. The monoisotopic (exact) mass is 420 g/mol. The second-order valence-corrected chi connectivity index (χ2v) is 8.39. The molecule has 0 saturated carbocycles. The lowest BCUT2D eigenvalue weighted by molar-refractivity contribution is -0.127. The molecule has 31 heavy (non-hydrogen) atoms. The lowest BCUT2D eigenvalue weighted by atomic mass is 10.0. The summed E-state index contributed by atoms with van der Waals surface area (Å²) < 4.78 is 17.5. The molecule has 0 radical (unpaired) electrons. The van der Waals surface area contributed by atoms with Crippen molar-refractivity contribution in [3.63, 3.8) is 0 Å². The highest BCUT2D eigenvalue weighted by atomic mass is 16.6. The Labute approximate surface area is 183 Å². The predicted molar refractivity (Wildman–Crippen MR) is 118 cm³/mol. The second kappa shape index (κ2) is 8.63. The van der Waals surface area contributed by atoms with E-state index in [0.717, 1.165) is 60.9 Å². The first-order valence-corrected chi connectivity index (χ1v) is 11.0. The minimum absolute atomic E-state index is 0.00481. The molecule has 3 aliphatic heterocycles. The van der Waals surface area contributed by atoms with E-state index in [9.17, 15) is 4.79 Å². The van der Waals surface area contributed by atoms with E-state index in [4.69, 9.17) is 14.2 Å². The van der Waals surface area contributed by atoms with Crippen LogP contribution in [0, 0.1) is 0 Å². The number of hydrogen-bond acceptors (Lipinski definition) is 5. The van der Waals surface area contributed by atoms with E-state index in [1.54, 1.807) is 13.2 Å². The number of nitrogens with zero attached hydrogens (tertiary/aromatic N) is 2. The third-order valence-electron chi connectivity index (χ3n) is 6.33. The molecule has 6 heteroatoms. The maximum atomic E-state index is 12.8. The molecule has 2 atom stereocenters. The van der Waals surface area contributed by atoms with E-state index in [1.807, 2.05) is 53.4 Å². The molecule has 6 nitrogen and oxygen atoms in total. The average molecular weight is 421 g/mol. The summed E-state index contributed by atoms with van der Waals surface area (Å²) in [6.07, 6.45) is 3.87. The van der Waals surface area contributed by atoms with Crippen LogP contribution in [0.15, 0.2) is 54.6 Å². The van der Waals surface area contributed by atoms with Gasteiger partial charge in [-0.15, -0.1) is 0 Å². The lowest BCUT2D eigenvalue weighted by Gasteiger charge is -2.39. The Balaban J connectivity index is 1.22. The van der Waals surface area contributed by atoms with Gasteiger partial charge in [0.25, 0.3) is 0 Å². The minimum Gasteiger partial charge on any atom is -0.496 e. The van der Waals surface area contributed by atoms with Crippen LogP contribution in [0.1, 0.15) is 18.4 Å². The molecule has 5 rings (SSSR count). The molecule has 0 bridgehead atoms. The van der Waals surface area contributed by atoms with Gasteiger partial charge in [0.1, 0.15) is 18.5 Å². The van der Waals surface area contributed by atoms with Gasteiger partial charge in [-0.05, 0) is 43.2 Å². The number of carbonyl (C=O) groups excluding carboxylic acids is 1. The van der Waals surface area contributed by atoms with Crippen molar-refractivity contribution in [2.24, 2.45) is 0 Å². The molecular formula is C25H28N2O4. The fourth-order valence-corrected chi connectivity index (χ4v) is 4.81. The number of amides is 1. The zero-order valence-corrected chi connectivity index (χ0v) is 17.8. The van der Waals surface area contributed by atoms with Crippen LogP contribution in [0.5, 0.6) is 17.2 Å². The molecule has 2 aromatic rings. The summed E-state index contributed by atoms with van der Waals surface area (Å²) in [7, 11) is 1.67. The highest BCUT2D eigenvalue weighted by Gasteiger charge is 2.34. The van der Waals surface area contributed by atoms with E-state index in [-0.39, 0.29) is 18.1 Å². The third kappa shape index (κ3) is 4.12. The molecule has 1 amide bonds. The van der Waals surface area contributed by atoms with Gasteiger partial charge in [0, 0.05) is 37.3 Å². The first-order chi connectivity index (χ1) is 15.2. The number of ether oxygens (including phenoxy) is 3. The number of likely N-dealkylation sites (tertiary alicyclic amines) is 1. The SMILES string of the molecule is COc1ccccc1C1=CC(=O)N(C2CCCN(CC3COc4ccccc4O3)C2)C1. The van der Waals surface area contributed by atoms with Gasteiger partial charge in [0.05, 0.1) is 7.11 Å². The summed E-state index contributed by atoms with van der Waals surface area (Å²) in [5.41, 5.74) is 2.03. The number of rotatable bonds is 5. The third-order valence-corrected chi connectivity index (χ3v) is 6.33. The van der Waals surface area contributed by atoms with E-state index in [2.05, 4.69) is 4.90 Å². The molecule has 0 spiro atoms. The largest absolute Gasteiger partial charge is 0.496 e. The fourth-order valence-electron chi connectivity index (χ4n) is 4.81. The van der Waals surface area contributed by atoms with Gasteiger partial charge >= 0.3 is 0 Å². The van der Waals surface area contributed by atoms with Crippen LogP contribution in [-0.2, 0) is 4.79 Å². The molecular weight excluding hydrogens is 392 g/mol. The zero-order chi connectivity index (χ0) is 21.2. The van der Waals surface area contributed by atoms with Crippen LogP contribution < -0.4 is 14.2 Å². The summed E-state index contributed by atoms with van der Waals surface area (Å²) >= 11 is 0. The average Bonchev–Trinajstić information content (AvgIpc) is 3.20. The Morgan fingerprint density at radius 2 is 1.90 bits per heavy atom. The molecule has 162 valence electrons. The van der Waals surface area contributed by atoms with Crippen LogP contribution >= 0.6 is 0 Å². The van der Waals surface area contributed by atoms with Crippen molar-refractivity contribution in [3.05, 3.63) is 60.2 Å². The van der Waals surface area contributed by atoms with Crippen LogP contribution in [0.4, 0.5) is 0 Å². The van der Waals surface area contributed by atoms with Gasteiger partial charge in [-0.2, -0.15) is 0 Å². The maximum absolute atomic E-state index is 12.8. The number of hydrogen-bond donors (Lipinski definition) is 0. The van der Waals surface area contributed by atoms with Gasteiger partial charge in [0.15, 0.2) is 11.5 Å². The van der Waals surface area contributed by atoms with Crippen LogP contribution in [-0.4, -0.2) is 67.7 Å². The molecule has 2 aromatic carbocycles. The van der Waals surface area contributed by atoms with E-state index in [1.165, 1.54) is 0 Å². The first-order valence-electron chi connectivity index (χ1n) is 11.0. The summed E-state index contributed by atoms with van der Waals surface area (Å²) in [4.78, 5) is 17.3. The Kier molecular flexibility index (Phi) is 5.55. The number of piperidine rings is 1. The van der Waals surface area contributed by atoms with Gasteiger partial charge in [0.2, 0.25) is 5.91 Å². The molecule has 1 fully saturated rings. The van der Waals surface area contributed by atoms with Crippen molar-refractivity contribution in [2.45, 2.75) is 25.0 Å². The topological polar surface area (TPSA) is 51.2 Å². The Hall–Kier alpha value is -2.99. The van der Waals surface area contributed by atoms with Crippen molar-refractivity contribution in [1.29, 1.82) is 0 Å². The van der Waals surface area contributed by atoms with Gasteiger partial charge < -0.3 is 19.1 Å². The smallest absolute Gasteiger partial charge is 0.247 e. The molecule has 1 saturated heterocycles. The Morgan fingerprint density at radius 1 is 1.10 bits per heavy atom. The number of para-hydroxylation sites is 3. The van der Waals surface area contributed by atoms with Crippen LogP contribution in [0.2, 0.25) is 0 Å². The quantitative estimate of drug-likeness (QED) is 0.744. The van der Waals surface area contributed by atoms with Gasteiger partial charge in [-0.3, -0.25) is 9.69 Å². The van der Waals surface area contributed by atoms with Crippen LogP contribution in [0.3, 0.4) is 0 Å². The van der Waals surface area contributed by atoms with Crippen molar-refractivity contribution >= 4 is 11.5 Å². The first kappa shape index (κ1) is 19.9. The normalized spacial score (nSPS) is 23.6. The van der Waals surface area contributed by atoms with E-state index in [0.29, 0.717) is 13.2 Å². The van der Waals surface area contributed by atoms with E-state index >= 15 is 0 Å². The van der Waals surface area contributed by atoms with E-state index < -0.39 is 0 Å². The van der Waals surface area contributed by atoms with Crippen molar-refractivity contribution in [2.75, 3.05) is 39.9 Å². The summed E-state index contributed by atoms with van der Waals surface area (Å²) in [5, 5.41) is 0. The molecule has 0 N–H and O–H groups in total. The standard InChI is InChI=1S/C25H28N2O4/c1-29-22-9-3-2-8-21(22)18-13-25(28)27(14-18)19-7-6-12-26(15-19)16-20-17-30-23-10-4-5-11-24(23)31-20/h2-5,8-11,13,19-20H,6-7,12,14-17H2,1H3. The molecule has 0 aromatic heterocycles. The Bertz CT molecular complexity index is 989. The van der Waals surface area contributed by atoms with Gasteiger partial charge in [-0.25, -0.2) is 0 Å². The highest BCUT2D eigenvalue weighted by Crippen LogP contribution is 2.33. The molecule has 2 unspecified atom stereocenters. The summed E-state index contributed by atoms with van der Waals surface area (Å²) in [5.74, 6) is 2.53. The second-order valence-electron chi connectivity index (χ2n) is 8.39. The van der Waals surface area contributed by atoms with Crippen molar-refractivity contribution in [3.8, 4) is 17.2 Å². The van der Waals surface area contributed by atoms with Crippen LogP contribution in [0.25, 0.3) is 5.57 Å². The molecule has 3 heterocycles. The summed E-state index contributed by atoms with van der Waals surface area (Å²) in [6.45, 7) is 3.88. The molecule has 0 aliphatic carbocycles. The predicted octanol–water partition coefficient (Wildman–Crippen LogP) is 3.23.